The zero-order chi connectivity index (χ0) is 25.0. The van der Waals surface area contributed by atoms with E-state index >= 15 is 0 Å². The average Bonchev–Trinajstić information content (AvgIpc) is 3.01. The Morgan fingerprint density at radius 1 is 1.17 bits per heavy atom. The smallest absolute Gasteiger partial charge is 0.325 e. The summed E-state index contributed by atoms with van der Waals surface area (Å²) in [7, 11) is 1.53. The highest BCUT2D eigenvalue weighted by molar-refractivity contribution is 6.07. The third kappa shape index (κ3) is 5.05. The van der Waals surface area contributed by atoms with Crippen molar-refractivity contribution in [1.82, 2.24) is 10.2 Å². The van der Waals surface area contributed by atoms with Crippen molar-refractivity contribution in [2.24, 2.45) is 0 Å². The first-order valence-corrected chi connectivity index (χ1v) is 11.5. The molecule has 0 saturated carbocycles. The van der Waals surface area contributed by atoms with Crippen LogP contribution < -0.4 is 24.3 Å². The summed E-state index contributed by atoms with van der Waals surface area (Å²) in [6.45, 7) is 6.07. The van der Waals surface area contributed by atoms with Crippen molar-refractivity contribution in [2.45, 2.75) is 31.4 Å². The molecule has 0 radical (unpaired) electrons. The van der Waals surface area contributed by atoms with Gasteiger partial charge in [-0.15, -0.1) is 6.58 Å². The average molecular weight is 483 g/mol. The van der Waals surface area contributed by atoms with Crippen molar-refractivity contribution < 1.29 is 33.6 Å². The summed E-state index contributed by atoms with van der Waals surface area (Å²) in [5.74, 6) is 1.64. The van der Waals surface area contributed by atoms with Crippen LogP contribution in [0.15, 0.2) is 49.1 Å². The Morgan fingerprint density at radius 2 is 1.94 bits per heavy atom. The highest BCUT2D eigenvalue weighted by Crippen LogP contribution is 2.36. The number of benzene rings is 2. The Balaban J connectivity index is 1.42. The molecule has 3 amide bonds. The second-order valence-corrected chi connectivity index (χ2v) is 8.63. The standard InChI is InChI=1S/C26H30N2O7/c1-4-6-17-7-9-20(22(13-17)32-3)35-16-19(29)15-28-24(30)26(2,27-25(28)31)18-8-10-21-23(14-18)34-12-5-11-33-21/h4,7-10,13-14,19,29H,1,5-6,11-12,15-16H2,2-3H3,(H,27,31). The van der Waals surface area contributed by atoms with Gasteiger partial charge in [-0.1, -0.05) is 18.2 Å². The molecule has 0 bridgehead atoms. The Hall–Kier alpha value is -3.72. The molecule has 2 atom stereocenters. The van der Waals surface area contributed by atoms with Crippen molar-refractivity contribution in [3.05, 3.63) is 60.2 Å². The molecule has 2 aromatic carbocycles. The fourth-order valence-electron chi connectivity index (χ4n) is 4.11. The number of β-amino-alcohol motifs (C(OH)–C–C–N with tert-alkyl or cyclic N) is 1. The first kappa shape index (κ1) is 24.4. The summed E-state index contributed by atoms with van der Waals surface area (Å²) in [6, 6.07) is 10.1. The van der Waals surface area contributed by atoms with Gasteiger partial charge < -0.3 is 29.4 Å². The lowest BCUT2D eigenvalue weighted by Crippen LogP contribution is -2.42. The number of nitrogens with one attached hydrogen (secondary N) is 1. The number of allylic oxidation sites excluding steroid dienone is 1. The molecule has 0 aliphatic carbocycles. The minimum atomic E-state index is -1.30. The predicted molar refractivity (Wildman–Crippen MR) is 128 cm³/mol. The number of nitrogens with zero attached hydrogens (tertiary/aromatic N) is 1. The maximum atomic E-state index is 13.3. The molecule has 35 heavy (non-hydrogen) atoms. The summed E-state index contributed by atoms with van der Waals surface area (Å²) in [5.41, 5.74) is 0.280. The van der Waals surface area contributed by atoms with Crippen molar-refractivity contribution in [2.75, 3.05) is 33.5 Å². The number of carbonyl (C=O) groups is 2. The first-order valence-electron chi connectivity index (χ1n) is 11.5. The fraction of sp³-hybridized carbons (Fsp3) is 0.385. The summed E-state index contributed by atoms with van der Waals surface area (Å²) in [5, 5.41) is 13.3. The highest BCUT2D eigenvalue weighted by Gasteiger charge is 2.49. The number of carbonyl (C=O) groups excluding carboxylic acids is 2. The van der Waals surface area contributed by atoms with Crippen LogP contribution in [0.4, 0.5) is 4.79 Å². The Labute approximate surface area is 204 Å². The van der Waals surface area contributed by atoms with Gasteiger partial charge in [0.1, 0.15) is 18.2 Å². The van der Waals surface area contributed by atoms with Crippen LogP contribution in [0, 0.1) is 0 Å². The normalized spacial score (nSPS) is 20.1. The number of aliphatic hydroxyl groups excluding tert-OH is 1. The van der Waals surface area contributed by atoms with Gasteiger partial charge in [-0.3, -0.25) is 9.69 Å². The van der Waals surface area contributed by atoms with E-state index in [4.69, 9.17) is 18.9 Å². The Kier molecular flexibility index (Phi) is 7.16. The molecule has 4 rings (SSSR count). The van der Waals surface area contributed by atoms with Crippen LogP contribution in [-0.2, 0) is 16.8 Å². The molecule has 186 valence electrons. The van der Waals surface area contributed by atoms with E-state index in [2.05, 4.69) is 11.9 Å². The number of hydrogen-bond donors (Lipinski definition) is 2. The second kappa shape index (κ2) is 10.3. The Morgan fingerprint density at radius 3 is 2.69 bits per heavy atom. The molecular weight excluding hydrogens is 452 g/mol. The zero-order valence-corrected chi connectivity index (χ0v) is 19.9. The molecule has 2 aliphatic rings. The van der Waals surface area contributed by atoms with E-state index in [9.17, 15) is 14.7 Å². The van der Waals surface area contributed by atoms with Gasteiger partial charge in [0.05, 0.1) is 26.9 Å². The van der Waals surface area contributed by atoms with E-state index in [1.165, 1.54) is 7.11 Å². The molecule has 9 nitrogen and oxygen atoms in total. The number of methoxy groups -OCH3 is 1. The third-order valence-electron chi connectivity index (χ3n) is 6.03. The molecule has 2 aromatic rings. The highest BCUT2D eigenvalue weighted by atomic mass is 16.5. The van der Waals surface area contributed by atoms with Crippen LogP contribution in [0.5, 0.6) is 23.0 Å². The molecule has 2 heterocycles. The fourth-order valence-corrected chi connectivity index (χ4v) is 4.11. The maximum absolute atomic E-state index is 13.3. The monoisotopic (exact) mass is 482 g/mol. The maximum Gasteiger partial charge on any atom is 0.325 e. The number of imide groups is 1. The van der Waals surface area contributed by atoms with E-state index in [0.717, 1.165) is 16.9 Å². The number of urea groups is 1. The molecule has 0 aromatic heterocycles. The molecular formula is C26H30N2O7. The lowest BCUT2D eigenvalue weighted by atomic mass is 9.91. The van der Waals surface area contributed by atoms with E-state index in [1.807, 2.05) is 12.1 Å². The minimum Gasteiger partial charge on any atom is -0.493 e. The van der Waals surface area contributed by atoms with E-state index in [1.54, 1.807) is 37.3 Å². The molecule has 9 heteroatoms. The van der Waals surface area contributed by atoms with Crippen LogP contribution in [0.2, 0.25) is 0 Å². The largest absolute Gasteiger partial charge is 0.493 e. The second-order valence-electron chi connectivity index (χ2n) is 8.63. The van der Waals surface area contributed by atoms with Crippen molar-refractivity contribution in [1.29, 1.82) is 0 Å². The van der Waals surface area contributed by atoms with Crippen LogP contribution in [0.1, 0.15) is 24.5 Å². The lowest BCUT2D eigenvalue weighted by Gasteiger charge is -2.24. The van der Waals surface area contributed by atoms with Gasteiger partial charge in [0.15, 0.2) is 23.0 Å². The summed E-state index contributed by atoms with van der Waals surface area (Å²) < 4.78 is 22.5. The molecule has 0 spiro atoms. The van der Waals surface area contributed by atoms with Gasteiger partial charge in [-0.25, -0.2) is 4.79 Å². The van der Waals surface area contributed by atoms with Gasteiger partial charge in [-0.2, -0.15) is 0 Å². The third-order valence-corrected chi connectivity index (χ3v) is 6.03. The van der Waals surface area contributed by atoms with E-state index in [0.29, 0.717) is 48.2 Å². The van der Waals surface area contributed by atoms with Gasteiger partial charge in [0, 0.05) is 6.42 Å². The van der Waals surface area contributed by atoms with Crippen LogP contribution in [0.3, 0.4) is 0 Å². The number of rotatable bonds is 9. The number of aliphatic hydroxyl groups is 1. The molecule has 1 fully saturated rings. The SMILES string of the molecule is C=CCc1ccc(OCC(O)CN2C(=O)NC(C)(c3ccc4c(c3)OCCCO4)C2=O)c(OC)c1. The van der Waals surface area contributed by atoms with Gasteiger partial charge in [0.2, 0.25) is 0 Å². The van der Waals surface area contributed by atoms with E-state index in [-0.39, 0.29) is 13.2 Å². The van der Waals surface area contributed by atoms with Crippen molar-refractivity contribution in [3.8, 4) is 23.0 Å². The van der Waals surface area contributed by atoms with E-state index < -0.39 is 23.6 Å². The summed E-state index contributed by atoms with van der Waals surface area (Å²) >= 11 is 0. The predicted octanol–water partition coefficient (Wildman–Crippen LogP) is 2.79. The zero-order valence-electron chi connectivity index (χ0n) is 19.9. The number of ether oxygens (including phenoxy) is 4. The first-order chi connectivity index (χ1) is 16.9. The Bertz CT molecular complexity index is 1120. The summed E-state index contributed by atoms with van der Waals surface area (Å²) in [4.78, 5) is 27.0. The number of fused-ring (bicyclic) bond motifs is 1. The quantitative estimate of drug-likeness (QED) is 0.418. The minimum absolute atomic E-state index is 0.130. The molecule has 2 N–H and O–H groups in total. The van der Waals surface area contributed by atoms with Crippen LogP contribution in [-0.4, -0.2) is 61.5 Å². The number of hydrogen-bond acceptors (Lipinski definition) is 7. The molecule has 2 aliphatic heterocycles. The van der Waals surface area contributed by atoms with Gasteiger partial charge in [0.25, 0.3) is 5.91 Å². The molecule has 2 unspecified atom stereocenters. The topological polar surface area (TPSA) is 107 Å². The number of amides is 3. The van der Waals surface area contributed by atoms with Crippen LogP contribution in [0.25, 0.3) is 0 Å². The van der Waals surface area contributed by atoms with Gasteiger partial charge >= 0.3 is 6.03 Å². The summed E-state index contributed by atoms with van der Waals surface area (Å²) in [6.07, 6.45) is 2.13. The van der Waals surface area contributed by atoms with Crippen molar-refractivity contribution >= 4 is 11.9 Å². The van der Waals surface area contributed by atoms with Crippen LogP contribution >= 0.6 is 0 Å². The lowest BCUT2D eigenvalue weighted by molar-refractivity contribution is -0.132. The molecule has 1 saturated heterocycles. The van der Waals surface area contributed by atoms with Gasteiger partial charge in [-0.05, 0) is 48.7 Å². The van der Waals surface area contributed by atoms with Crippen molar-refractivity contribution in [3.63, 3.8) is 0 Å².